The van der Waals surface area contributed by atoms with Gasteiger partial charge >= 0.3 is 6.85 Å². The second-order valence-electron chi connectivity index (χ2n) is 23.5. The van der Waals surface area contributed by atoms with Gasteiger partial charge in [-0.15, -0.1) is 11.3 Å². The number of nitrogens with zero attached hydrogens (tertiary/aromatic N) is 2. The monoisotopic (exact) mass is 896 g/mol. The van der Waals surface area contributed by atoms with Crippen molar-refractivity contribution < 1.29 is 4.42 Å². The molecule has 3 aromatic heterocycles. The first kappa shape index (κ1) is 39.4. The lowest BCUT2D eigenvalue weighted by Gasteiger charge is -2.44. The highest BCUT2D eigenvalue weighted by Crippen LogP contribution is 2.60. The van der Waals surface area contributed by atoms with E-state index in [0.29, 0.717) is 0 Å². The van der Waals surface area contributed by atoms with E-state index in [2.05, 4.69) is 205 Å². The number of anilines is 2. The van der Waals surface area contributed by atoms with Crippen molar-refractivity contribution in [3.8, 4) is 27.9 Å². The van der Waals surface area contributed by atoms with E-state index in [4.69, 9.17) is 4.42 Å². The Bertz CT molecular complexity index is 4110. The van der Waals surface area contributed by atoms with Gasteiger partial charge in [0.1, 0.15) is 11.2 Å². The highest BCUT2D eigenvalue weighted by Gasteiger charge is 2.51. The molecule has 2 aliphatic heterocycles. The molecule has 330 valence electrons. The van der Waals surface area contributed by atoms with Gasteiger partial charge in [0.05, 0.1) is 11.0 Å². The Morgan fingerprint density at radius 2 is 1.28 bits per heavy atom. The number of para-hydroxylation sites is 1. The van der Waals surface area contributed by atoms with Crippen LogP contribution in [0.5, 0.6) is 0 Å². The second kappa shape index (κ2) is 12.6. The van der Waals surface area contributed by atoms with E-state index in [0.717, 1.165) is 21.9 Å². The molecule has 0 fully saturated rings. The standard InChI is InChI=1S/C63H53BN2OS/c1-60(2,3)34-22-24-35(25-23-34)66-48-30-39-36-16-11-14-20-50(36)67-51(39)31-42(48)56-57-54(38-18-10-13-19-43(38)63(57,8)9)55-41-28-44-45(62(6,7)27-26-61(44,4)5)32-47(41)65-49-33-53-40(37-17-12-15-21-52(37)68-53)29-46(49)64(66)58(56)59(55)65/h10-25,28-33H,26-27H2,1-9H3. The molecule has 0 unspecified atom stereocenters. The Morgan fingerprint density at radius 3 is 2.06 bits per heavy atom. The van der Waals surface area contributed by atoms with E-state index in [9.17, 15) is 0 Å². The lowest BCUT2D eigenvalue weighted by molar-refractivity contribution is 0.332. The van der Waals surface area contributed by atoms with Gasteiger partial charge < -0.3 is 13.8 Å². The average Bonchev–Trinajstić information content (AvgIpc) is 4.04. The molecule has 68 heavy (non-hydrogen) atoms. The van der Waals surface area contributed by atoms with Gasteiger partial charge in [-0.1, -0.05) is 141 Å². The van der Waals surface area contributed by atoms with Crippen LogP contribution in [0.15, 0.2) is 138 Å². The zero-order valence-corrected chi connectivity index (χ0v) is 41.2. The van der Waals surface area contributed by atoms with Crippen LogP contribution in [0.1, 0.15) is 103 Å². The van der Waals surface area contributed by atoms with E-state index in [-0.39, 0.29) is 28.5 Å². The predicted molar refractivity (Wildman–Crippen MR) is 292 cm³/mol. The van der Waals surface area contributed by atoms with Crippen LogP contribution in [-0.4, -0.2) is 11.4 Å². The molecule has 15 rings (SSSR count). The van der Waals surface area contributed by atoms with Crippen molar-refractivity contribution in [2.45, 2.75) is 96.8 Å². The Balaban J connectivity index is 1.21. The molecule has 0 bridgehead atoms. The smallest absolute Gasteiger partial charge is 0.333 e. The third kappa shape index (κ3) is 4.81. The maximum absolute atomic E-state index is 6.87. The number of thiophene rings is 1. The fourth-order valence-corrected chi connectivity index (χ4v) is 14.9. The molecule has 5 heteroatoms. The summed E-state index contributed by atoms with van der Waals surface area (Å²) in [5, 5.41) is 7.74. The van der Waals surface area contributed by atoms with Gasteiger partial charge in [0.25, 0.3) is 0 Å². The lowest BCUT2D eigenvalue weighted by atomic mass is 9.43. The molecular weight excluding hydrogens is 844 g/mol. The molecule has 0 amide bonds. The number of hydrogen-bond acceptors (Lipinski definition) is 3. The highest BCUT2D eigenvalue weighted by atomic mass is 32.1. The summed E-state index contributed by atoms with van der Waals surface area (Å²) in [5.41, 5.74) is 23.4. The van der Waals surface area contributed by atoms with E-state index in [1.54, 1.807) is 0 Å². The van der Waals surface area contributed by atoms with Crippen LogP contribution in [0.3, 0.4) is 0 Å². The van der Waals surface area contributed by atoms with Gasteiger partial charge in [-0.05, 0) is 139 Å². The Labute approximate surface area is 402 Å². The fraction of sp³-hybridized carbons (Fsp3) is 0.238. The molecule has 2 aliphatic carbocycles. The van der Waals surface area contributed by atoms with Crippen LogP contribution in [0, 0.1) is 0 Å². The van der Waals surface area contributed by atoms with Crippen LogP contribution < -0.4 is 15.7 Å². The molecule has 0 atom stereocenters. The van der Waals surface area contributed by atoms with Crippen LogP contribution >= 0.6 is 11.3 Å². The fourth-order valence-electron chi connectivity index (χ4n) is 13.8. The molecule has 3 nitrogen and oxygen atoms in total. The summed E-state index contributed by atoms with van der Waals surface area (Å²) in [6.07, 6.45) is 2.34. The first-order valence-corrected chi connectivity index (χ1v) is 25.6. The van der Waals surface area contributed by atoms with Gasteiger partial charge in [0.15, 0.2) is 0 Å². The van der Waals surface area contributed by atoms with Crippen LogP contribution in [-0.2, 0) is 21.7 Å². The maximum atomic E-state index is 6.87. The first-order valence-electron chi connectivity index (χ1n) is 24.7. The minimum atomic E-state index is -0.287. The number of aromatic nitrogens is 1. The minimum absolute atomic E-state index is 0.0202. The summed E-state index contributed by atoms with van der Waals surface area (Å²) in [7, 11) is 0. The van der Waals surface area contributed by atoms with E-state index in [1.165, 1.54) is 133 Å². The Hall–Kier alpha value is -6.56. The maximum Gasteiger partial charge on any atom is 0.333 e. The van der Waals surface area contributed by atoms with Crippen molar-refractivity contribution in [1.82, 2.24) is 4.57 Å². The van der Waals surface area contributed by atoms with Crippen molar-refractivity contribution in [2.75, 3.05) is 4.81 Å². The topological polar surface area (TPSA) is 21.3 Å². The summed E-state index contributed by atoms with van der Waals surface area (Å²) < 4.78 is 12.3. The molecular formula is C63H53BN2OS. The normalized spacial score (nSPS) is 17.1. The summed E-state index contributed by atoms with van der Waals surface area (Å²) in [4.78, 5) is 2.73. The van der Waals surface area contributed by atoms with Gasteiger partial charge in [-0.3, -0.25) is 0 Å². The number of fused-ring (bicyclic) bond motifs is 20. The first-order chi connectivity index (χ1) is 32.6. The quantitative estimate of drug-likeness (QED) is 0.153. The molecule has 0 N–H and O–H groups in total. The SMILES string of the molecule is CC(C)(C)c1ccc(N2B3c4cc5c(cc4-n4c6cc7c(cc6c6c8c(c(c3c64)-c3cc4oc6ccccc6c4cc32)C(C)(C)c2ccccc2-8)C(C)(C)CCC7(C)C)sc2ccccc25)cc1. The van der Waals surface area contributed by atoms with Crippen molar-refractivity contribution in [3.63, 3.8) is 0 Å². The highest BCUT2D eigenvalue weighted by molar-refractivity contribution is 7.26. The third-order valence-electron chi connectivity index (χ3n) is 17.3. The third-order valence-corrected chi connectivity index (χ3v) is 18.5. The van der Waals surface area contributed by atoms with Crippen molar-refractivity contribution >= 4 is 104 Å². The number of rotatable bonds is 1. The van der Waals surface area contributed by atoms with Gasteiger partial charge in [0, 0.05) is 69.8 Å². The molecule has 0 saturated carbocycles. The summed E-state index contributed by atoms with van der Waals surface area (Å²) >= 11 is 1.93. The number of furan rings is 1. The van der Waals surface area contributed by atoms with Crippen LogP contribution in [0.4, 0.5) is 11.4 Å². The zero-order valence-electron chi connectivity index (χ0n) is 40.4. The van der Waals surface area contributed by atoms with Crippen LogP contribution in [0.25, 0.3) is 91.9 Å². The minimum Gasteiger partial charge on any atom is -0.456 e. The van der Waals surface area contributed by atoms with Gasteiger partial charge in [0.2, 0.25) is 0 Å². The Morgan fingerprint density at radius 1 is 0.574 bits per heavy atom. The summed E-state index contributed by atoms with van der Waals surface area (Å²) in [6.45, 7) is 21.7. The molecule has 4 aliphatic rings. The number of benzene rings is 8. The van der Waals surface area contributed by atoms with E-state index in [1.807, 2.05) is 11.3 Å². The molecule has 5 heterocycles. The van der Waals surface area contributed by atoms with E-state index >= 15 is 0 Å². The summed E-state index contributed by atoms with van der Waals surface area (Å²) in [6, 6.07) is 51.9. The molecule has 0 saturated heterocycles. The van der Waals surface area contributed by atoms with E-state index < -0.39 is 0 Å². The van der Waals surface area contributed by atoms with Crippen LogP contribution in [0.2, 0.25) is 0 Å². The molecule has 0 radical (unpaired) electrons. The van der Waals surface area contributed by atoms with Crippen molar-refractivity contribution in [3.05, 3.63) is 161 Å². The largest absolute Gasteiger partial charge is 0.456 e. The number of hydrogen-bond donors (Lipinski definition) is 0. The van der Waals surface area contributed by atoms with Gasteiger partial charge in [-0.2, -0.15) is 0 Å². The molecule has 8 aromatic carbocycles. The van der Waals surface area contributed by atoms with Crippen molar-refractivity contribution in [2.24, 2.45) is 0 Å². The zero-order chi connectivity index (χ0) is 46.1. The van der Waals surface area contributed by atoms with Gasteiger partial charge in [-0.25, -0.2) is 0 Å². The lowest BCUT2D eigenvalue weighted by Crippen LogP contribution is -2.61. The molecule has 0 spiro atoms. The van der Waals surface area contributed by atoms with Crippen molar-refractivity contribution in [1.29, 1.82) is 0 Å². The Kier molecular flexibility index (Phi) is 7.28. The second-order valence-corrected chi connectivity index (χ2v) is 24.6. The summed E-state index contributed by atoms with van der Waals surface area (Å²) in [5.74, 6) is 0. The molecule has 11 aromatic rings. The average molecular weight is 897 g/mol. The predicted octanol–water partition coefficient (Wildman–Crippen LogP) is 16.2.